The average molecular weight is 431 g/mol. The lowest BCUT2D eigenvalue weighted by atomic mass is 10.2. The Morgan fingerprint density at radius 2 is 1.65 bits per heavy atom. The Bertz CT molecular complexity index is 1130. The summed E-state index contributed by atoms with van der Waals surface area (Å²) in [7, 11) is 1.63. The van der Waals surface area contributed by atoms with E-state index < -0.39 is 0 Å². The highest BCUT2D eigenvalue weighted by molar-refractivity contribution is 7.99. The van der Waals surface area contributed by atoms with Crippen molar-refractivity contribution in [1.82, 2.24) is 14.8 Å². The van der Waals surface area contributed by atoms with Crippen molar-refractivity contribution in [2.45, 2.75) is 11.7 Å². The van der Waals surface area contributed by atoms with Crippen molar-refractivity contribution in [2.75, 3.05) is 17.8 Å². The standard InChI is InChI=1S/C24H22N4O2S/c1-30-22-15-9-8-14-21(22)28-18-25-26-24(28)31-17-23(29)27(20-12-6-3-7-13-20)16-19-10-4-2-5-11-19/h2-15,18H,16-17H2,1H3. The molecule has 1 heterocycles. The van der Waals surface area contributed by atoms with Gasteiger partial charge in [-0.1, -0.05) is 72.4 Å². The van der Waals surface area contributed by atoms with Gasteiger partial charge in [-0.2, -0.15) is 0 Å². The lowest BCUT2D eigenvalue weighted by molar-refractivity contribution is -0.116. The van der Waals surface area contributed by atoms with Crippen LogP contribution in [0, 0.1) is 0 Å². The van der Waals surface area contributed by atoms with Gasteiger partial charge in [-0.05, 0) is 29.8 Å². The molecule has 0 N–H and O–H groups in total. The van der Waals surface area contributed by atoms with Gasteiger partial charge in [0.1, 0.15) is 12.1 Å². The van der Waals surface area contributed by atoms with Crippen molar-refractivity contribution >= 4 is 23.4 Å². The number of rotatable bonds is 8. The minimum absolute atomic E-state index is 0.00497. The van der Waals surface area contributed by atoms with Gasteiger partial charge in [0.2, 0.25) is 5.91 Å². The van der Waals surface area contributed by atoms with Gasteiger partial charge in [0, 0.05) is 5.69 Å². The van der Waals surface area contributed by atoms with Crippen LogP contribution >= 0.6 is 11.8 Å². The van der Waals surface area contributed by atoms with Crippen molar-refractivity contribution in [3.63, 3.8) is 0 Å². The largest absolute Gasteiger partial charge is 0.495 e. The molecule has 1 amide bonds. The Morgan fingerprint density at radius 3 is 2.39 bits per heavy atom. The molecular formula is C24H22N4O2S. The molecule has 3 aromatic carbocycles. The van der Waals surface area contributed by atoms with Crippen LogP contribution in [-0.4, -0.2) is 33.5 Å². The summed E-state index contributed by atoms with van der Waals surface area (Å²) in [6.07, 6.45) is 1.63. The zero-order valence-electron chi connectivity index (χ0n) is 17.1. The average Bonchev–Trinajstić information content (AvgIpc) is 3.30. The number of amides is 1. The Kier molecular flexibility index (Phi) is 6.64. The number of anilines is 1. The molecule has 0 radical (unpaired) electrons. The number of aromatic nitrogens is 3. The molecule has 7 heteroatoms. The lowest BCUT2D eigenvalue weighted by Gasteiger charge is -2.23. The van der Waals surface area contributed by atoms with Crippen LogP contribution in [0.1, 0.15) is 5.56 Å². The first kappa shape index (κ1) is 20.7. The monoisotopic (exact) mass is 430 g/mol. The quantitative estimate of drug-likeness (QED) is 0.382. The molecule has 6 nitrogen and oxygen atoms in total. The van der Waals surface area contributed by atoms with Gasteiger partial charge in [-0.25, -0.2) is 0 Å². The van der Waals surface area contributed by atoms with E-state index in [9.17, 15) is 4.79 Å². The molecule has 0 saturated carbocycles. The first-order valence-electron chi connectivity index (χ1n) is 9.82. The first-order valence-corrected chi connectivity index (χ1v) is 10.8. The number of hydrogen-bond acceptors (Lipinski definition) is 5. The summed E-state index contributed by atoms with van der Waals surface area (Å²) < 4.78 is 7.29. The Balaban J connectivity index is 1.53. The highest BCUT2D eigenvalue weighted by atomic mass is 32.2. The molecule has 0 bridgehead atoms. The van der Waals surface area contributed by atoms with E-state index in [-0.39, 0.29) is 11.7 Å². The molecule has 0 fully saturated rings. The molecular weight excluding hydrogens is 408 g/mol. The fourth-order valence-electron chi connectivity index (χ4n) is 3.22. The highest BCUT2D eigenvalue weighted by Gasteiger charge is 2.19. The number of benzene rings is 3. The molecule has 31 heavy (non-hydrogen) atoms. The molecule has 0 aliphatic carbocycles. The second kappa shape index (κ2) is 9.95. The van der Waals surface area contributed by atoms with Crippen LogP contribution in [0.3, 0.4) is 0 Å². The first-order chi connectivity index (χ1) is 15.3. The van der Waals surface area contributed by atoms with E-state index in [0.717, 1.165) is 16.9 Å². The van der Waals surface area contributed by atoms with E-state index in [1.807, 2.05) is 89.5 Å². The summed E-state index contributed by atoms with van der Waals surface area (Å²) in [5.74, 6) is 0.940. The van der Waals surface area contributed by atoms with Gasteiger partial charge in [-0.3, -0.25) is 9.36 Å². The smallest absolute Gasteiger partial charge is 0.237 e. The zero-order chi connectivity index (χ0) is 21.5. The fraction of sp³-hybridized carbons (Fsp3) is 0.125. The van der Waals surface area contributed by atoms with E-state index in [1.54, 1.807) is 18.3 Å². The summed E-state index contributed by atoms with van der Waals surface area (Å²) >= 11 is 1.35. The predicted molar refractivity (Wildman–Crippen MR) is 123 cm³/mol. The molecule has 0 aliphatic rings. The second-order valence-corrected chi connectivity index (χ2v) is 7.69. The third-order valence-electron chi connectivity index (χ3n) is 4.74. The lowest BCUT2D eigenvalue weighted by Crippen LogP contribution is -2.32. The summed E-state index contributed by atoms with van der Waals surface area (Å²) in [5, 5.41) is 8.87. The molecule has 0 spiro atoms. The Morgan fingerprint density at radius 1 is 0.968 bits per heavy atom. The molecule has 0 saturated heterocycles. The van der Waals surface area contributed by atoms with Gasteiger partial charge in [0.25, 0.3) is 0 Å². The number of thioether (sulfide) groups is 1. The maximum atomic E-state index is 13.2. The summed E-state index contributed by atoms with van der Waals surface area (Å²) in [6.45, 7) is 0.503. The minimum atomic E-state index is -0.00497. The Hall–Kier alpha value is -3.58. The van der Waals surface area contributed by atoms with Crippen LogP contribution < -0.4 is 9.64 Å². The van der Waals surface area contributed by atoms with Crippen molar-refractivity contribution < 1.29 is 9.53 Å². The van der Waals surface area contributed by atoms with Crippen LogP contribution in [0.4, 0.5) is 5.69 Å². The number of ether oxygens (including phenoxy) is 1. The van der Waals surface area contributed by atoms with Crippen LogP contribution in [0.5, 0.6) is 5.75 Å². The van der Waals surface area contributed by atoms with Crippen molar-refractivity contribution in [3.8, 4) is 11.4 Å². The molecule has 0 aliphatic heterocycles. The number of hydrogen-bond donors (Lipinski definition) is 0. The van der Waals surface area contributed by atoms with Crippen LogP contribution in [0.2, 0.25) is 0 Å². The predicted octanol–water partition coefficient (Wildman–Crippen LogP) is 4.60. The number of nitrogens with zero attached hydrogens (tertiary/aromatic N) is 4. The van der Waals surface area contributed by atoms with Gasteiger partial charge in [0.15, 0.2) is 5.16 Å². The van der Waals surface area contributed by atoms with Crippen LogP contribution in [0.25, 0.3) is 5.69 Å². The second-order valence-electron chi connectivity index (χ2n) is 6.75. The molecule has 4 aromatic rings. The van der Waals surface area contributed by atoms with Crippen LogP contribution in [-0.2, 0) is 11.3 Å². The summed E-state index contributed by atoms with van der Waals surface area (Å²) in [6, 6.07) is 27.3. The minimum Gasteiger partial charge on any atom is -0.495 e. The van der Waals surface area contributed by atoms with E-state index in [1.165, 1.54) is 11.8 Å². The molecule has 0 unspecified atom stereocenters. The number of carbonyl (C=O) groups excluding carboxylic acids is 1. The number of para-hydroxylation sites is 3. The van der Waals surface area contributed by atoms with Gasteiger partial charge >= 0.3 is 0 Å². The van der Waals surface area contributed by atoms with Gasteiger partial charge in [0.05, 0.1) is 25.1 Å². The van der Waals surface area contributed by atoms with E-state index >= 15 is 0 Å². The Labute approximate surface area is 185 Å². The maximum Gasteiger partial charge on any atom is 0.237 e. The topological polar surface area (TPSA) is 60.2 Å². The maximum absolute atomic E-state index is 13.2. The van der Waals surface area contributed by atoms with E-state index in [4.69, 9.17) is 4.74 Å². The molecule has 156 valence electrons. The van der Waals surface area contributed by atoms with E-state index in [0.29, 0.717) is 17.5 Å². The number of carbonyl (C=O) groups is 1. The van der Waals surface area contributed by atoms with Crippen molar-refractivity contribution in [3.05, 3.63) is 96.8 Å². The fourth-order valence-corrected chi connectivity index (χ4v) is 4.02. The molecule has 0 atom stereocenters. The SMILES string of the molecule is COc1ccccc1-n1cnnc1SCC(=O)N(Cc1ccccc1)c1ccccc1. The normalized spacial score (nSPS) is 10.6. The third-order valence-corrected chi connectivity index (χ3v) is 5.67. The van der Waals surface area contributed by atoms with Gasteiger partial charge < -0.3 is 9.64 Å². The summed E-state index contributed by atoms with van der Waals surface area (Å²) in [5.41, 5.74) is 2.76. The van der Waals surface area contributed by atoms with Crippen molar-refractivity contribution in [2.24, 2.45) is 0 Å². The summed E-state index contributed by atoms with van der Waals surface area (Å²) in [4.78, 5) is 15.0. The van der Waals surface area contributed by atoms with Gasteiger partial charge in [-0.15, -0.1) is 10.2 Å². The zero-order valence-corrected chi connectivity index (χ0v) is 17.9. The van der Waals surface area contributed by atoms with Crippen molar-refractivity contribution in [1.29, 1.82) is 0 Å². The third kappa shape index (κ3) is 4.95. The number of methoxy groups -OCH3 is 1. The highest BCUT2D eigenvalue weighted by Crippen LogP contribution is 2.27. The van der Waals surface area contributed by atoms with Crippen LogP contribution in [0.15, 0.2) is 96.4 Å². The molecule has 1 aromatic heterocycles. The molecule has 4 rings (SSSR count). The van der Waals surface area contributed by atoms with E-state index in [2.05, 4.69) is 10.2 Å².